The van der Waals surface area contributed by atoms with Crippen molar-refractivity contribution in [2.75, 3.05) is 0 Å². The molecule has 102 valence electrons. The number of thiophene rings is 1. The van der Waals surface area contributed by atoms with Crippen molar-refractivity contribution in [3.63, 3.8) is 0 Å². The van der Waals surface area contributed by atoms with Crippen LogP contribution in [0.15, 0.2) is 42.7 Å². The summed E-state index contributed by atoms with van der Waals surface area (Å²) in [6, 6.07) is 11.4. The second kappa shape index (κ2) is 5.04. The largest absolute Gasteiger partial charge is 0.309 e. The van der Waals surface area contributed by atoms with Crippen LogP contribution in [0.1, 0.15) is 23.3 Å². The molecule has 1 aliphatic carbocycles. The molecule has 3 aromatic rings. The van der Waals surface area contributed by atoms with Crippen molar-refractivity contribution in [2.45, 2.75) is 32.0 Å². The van der Waals surface area contributed by atoms with E-state index in [2.05, 4.69) is 34.7 Å². The minimum atomic E-state index is 0.748. The Labute approximate surface area is 122 Å². The van der Waals surface area contributed by atoms with Crippen LogP contribution in [0.2, 0.25) is 0 Å². The SMILES string of the molecule is c1ccc2c(Cn3cccn3)c(CNC3CC3)sc2c1. The number of nitrogens with one attached hydrogen (secondary N) is 1. The highest BCUT2D eigenvalue weighted by Gasteiger charge is 2.21. The Morgan fingerprint density at radius 1 is 1.25 bits per heavy atom. The highest BCUT2D eigenvalue weighted by molar-refractivity contribution is 7.19. The van der Waals surface area contributed by atoms with Gasteiger partial charge in [0.25, 0.3) is 0 Å². The molecule has 1 saturated carbocycles. The van der Waals surface area contributed by atoms with Crippen molar-refractivity contribution in [1.29, 1.82) is 0 Å². The van der Waals surface area contributed by atoms with Crippen LogP contribution in [-0.2, 0) is 13.1 Å². The minimum Gasteiger partial charge on any atom is -0.309 e. The fourth-order valence-corrected chi connectivity index (χ4v) is 3.71. The molecule has 4 heteroatoms. The third-order valence-corrected chi connectivity index (χ3v) is 5.00. The lowest BCUT2D eigenvalue weighted by atomic mass is 10.1. The van der Waals surface area contributed by atoms with E-state index in [4.69, 9.17) is 0 Å². The van der Waals surface area contributed by atoms with E-state index in [-0.39, 0.29) is 0 Å². The van der Waals surface area contributed by atoms with Gasteiger partial charge in [-0.05, 0) is 35.9 Å². The van der Waals surface area contributed by atoms with Gasteiger partial charge in [-0.15, -0.1) is 11.3 Å². The van der Waals surface area contributed by atoms with E-state index in [0.717, 1.165) is 19.1 Å². The number of benzene rings is 1. The number of rotatable bonds is 5. The monoisotopic (exact) mass is 283 g/mol. The molecule has 1 fully saturated rings. The van der Waals surface area contributed by atoms with Gasteiger partial charge in [0.15, 0.2) is 0 Å². The zero-order valence-electron chi connectivity index (χ0n) is 11.2. The zero-order chi connectivity index (χ0) is 13.4. The number of hydrogen-bond acceptors (Lipinski definition) is 3. The van der Waals surface area contributed by atoms with Crippen LogP contribution in [0.25, 0.3) is 10.1 Å². The number of hydrogen-bond donors (Lipinski definition) is 1. The predicted octanol–water partition coefficient (Wildman–Crippen LogP) is 3.40. The van der Waals surface area contributed by atoms with E-state index in [1.165, 1.54) is 33.4 Å². The summed E-state index contributed by atoms with van der Waals surface area (Å²) in [6.07, 6.45) is 6.54. The smallest absolute Gasteiger partial charge is 0.0676 e. The molecule has 0 bridgehead atoms. The van der Waals surface area contributed by atoms with Crippen LogP contribution in [0.4, 0.5) is 0 Å². The molecule has 20 heavy (non-hydrogen) atoms. The summed E-state index contributed by atoms with van der Waals surface area (Å²) in [6.45, 7) is 1.85. The Hall–Kier alpha value is -1.65. The molecule has 2 aromatic heterocycles. The lowest BCUT2D eigenvalue weighted by Gasteiger charge is -2.06. The van der Waals surface area contributed by atoms with E-state index in [9.17, 15) is 0 Å². The molecular formula is C16H17N3S. The molecule has 1 aromatic carbocycles. The van der Waals surface area contributed by atoms with Gasteiger partial charge in [0.05, 0.1) is 6.54 Å². The summed E-state index contributed by atoms with van der Waals surface area (Å²) in [4.78, 5) is 1.45. The molecule has 0 radical (unpaired) electrons. The van der Waals surface area contributed by atoms with Crippen molar-refractivity contribution in [3.8, 4) is 0 Å². The third-order valence-electron chi connectivity index (χ3n) is 3.79. The van der Waals surface area contributed by atoms with Crippen molar-refractivity contribution in [1.82, 2.24) is 15.1 Å². The van der Waals surface area contributed by atoms with Gasteiger partial charge in [-0.2, -0.15) is 5.10 Å². The Morgan fingerprint density at radius 2 is 2.15 bits per heavy atom. The average molecular weight is 283 g/mol. The van der Waals surface area contributed by atoms with Gasteiger partial charge in [0.1, 0.15) is 0 Å². The van der Waals surface area contributed by atoms with E-state index in [1.54, 1.807) is 0 Å². The summed E-state index contributed by atoms with van der Waals surface area (Å²) in [5, 5.41) is 9.36. The van der Waals surface area contributed by atoms with Gasteiger partial charge in [0.2, 0.25) is 0 Å². The first-order valence-electron chi connectivity index (χ1n) is 7.10. The van der Waals surface area contributed by atoms with Crippen molar-refractivity contribution >= 4 is 21.4 Å². The van der Waals surface area contributed by atoms with Gasteiger partial charge < -0.3 is 5.32 Å². The average Bonchev–Trinajstić information content (AvgIpc) is 3.04. The molecule has 0 unspecified atom stereocenters. The van der Waals surface area contributed by atoms with Gasteiger partial charge >= 0.3 is 0 Å². The number of aromatic nitrogens is 2. The molecule has 0 aliphatic heterocycles. The van der Waals surface area contributed by atoms with E-state index in [1.807, 2.05) is 34.5 Å². The zero-order valence-corrected chi connectivity index (χ0v) is 12.1. The predicted molar refractivity (Wildman–Crippen MR) is 83.0 cm³/mol. The van der Waals surface area contributed by atoms with Crippen LogP contribution in [0.3, 0.4) is 0 Å². The van der Waals surface area contributed by atoms with E-state index >= 15 is 0 Å². The minimum absolute atomic E-state index is 0.748. The first-order valence-corrected chi connectivity index (χ1v) is 7.92. The summed E-state index contributed by atoms with van der Waals surface area (Å²) in [7, 11) is 0. The van der Waals surface area contributed by atoms with Crippen molar-refractivity contribution < 1.29 is 0 Å². The van der Waals surface area contributed by atoms with Crippen LogP contribution in [0, 0.1) is 0 Å². The maximum Gasteiger partial charge on any atom is 0.0676 e. The normalized spacial score (nSPS) is 15.0. The molecule has 0 saturated heterocycles. The molecule has 4 rings (SSSR count). The quantitative estimate of drug-likeness (QED) is 0.778. The highest BCUT2D eigenvalue weighted by atomic mass is 32.1. The van der Waals surface area contributed by atoms with Gasteiger partial charge in [-0.1, -0.05) is 18.2 Å². The lowest BCUT2D eigenvalue weighted by molar-refractivity contribution is 0.664. The topological polar surface area (TPSA) is 29.9 Å². The maximum atomic E-state index is 4.35. The van der Waals surface area contributed by atoms with E-state index in [0.29, 0.717) is 0 Å². The van der Waals surface area contributed by atoms with Crippen LogP contribution >= 0.6 is 11.3 Å². The van der Waals surface area contributed by atoms with Crippen LogP contribution < -0.4 is 5.32 Å². The Balaban J connectivity index is 1.71. The first kappa shape index (κ1) is 12.1. The molecule has 0 spiro atoms. The molecule has 1 N–H and O–H groups in total. The highest BCUT2D eigenvalue weighted by Crippen LogP contribution is 2.32. The second-order valence-corrected chi connectivity index (χ2v) is 6.50. The summed E-state index contributed by atoms with van der Waals surface area (Å²) >= 11 is 1.91. The Morgan fingerprint density at radius 3 is 2.95 bits per heavy atom. The molecule has 0 amide bonds. The lowest BCUT2D eigenvalue weighted by Crippen LogP contribution is -2.16. The third kappa shape index (κ3) is 2.37. The molecule has 3 nitrogen and oxygen atoms in total. The molecule has 1 aliphatic rings. The second-order valence-electron chi connectivity index (χ2n) is 5.36. The van der Waals surface area contributed by atoms with Gasteiger partial charge in [-0.25, -0.2) is 0 Å². The fourth-order valence-electron chi connectivity index (χ4n) is 2.55. The number of fused-ring (bicyclic) bond motifs is 1. The maximum absolute atomic E-state index is 4.35. The van der Waals surface area contributed by atoms with Crippen molar-refractivity contribution in [3.05, 3.63) is 53.2 Å². The van der Waals surface area contributed by atoms with Crippen LogP contribution in [-0.4, -0.2) is 15.8 Å². The Kier molecular flexibility index (Phi) is 3.05. The molecular weight excluding hydrogens is 266 g/mol. The van der Waals surface area contributed by atoms with Crippen molar-refractivity contribution in [2.24, 2.45) is 0 Å². The first-order chi connectivity index (χ1) is 9.90. The van der Waals surface area contributed by atoms with E-state index < -0.39 is 0 Å². The number of nitrogens with zero attached hydrogens (tertiary/aromatic N) is 2. The standard InChI is InChI=1S/C16H17N3S/c1-2-5-15-13(4-1)14(11-19-9-3-8-18-19)16(20-15)10-17-12-6-7-12/h1-5,8-9,12,17H,6-7,10-11H2. The van der Waals surface area contributed by atoms with Crippen LogP contribution in [0.5, 0.6) is 0 Å². The summed E-state index contributed by atoms with van der Waals surface area (Å²) in [5.41, 5.74) is 1.42. The molecule has 0 atom stereocenters. The Bertz CT molecular complexity index is 710. The fraction of sp³-hybridized carbons (Fsp3) is 0.312. The summed E-state index contributed by atoms with van der Waals surface area (Å²) < 4.78 is 3.39. The molecule has 2 heterocycles. The van der Waals surface area contributed by atoms with Gasteiger partial charge in [-0.3, -0.25) is 4.68 Å². The van der Waals surface area contributed by atoms with Gasteiger partial charge in [0, 0.05) is 34.6 Å². The summed E-state index contributed by atoms with van der Waals surface area (Å²) in [5.74, 6) is 0.